The molecule has 3 rings (SSSR count). The van der Waals surface area contributed by atoms with Gasteiger partial charge in [-0.15, -0.1) is 0 Å². The second-order valence-electron chi connectivity index (χ2n) is 13.9. The first-order chi connectivity index (χ1) is 17.0. The van der Waals surface area contributed by atoms with Crippen molar-refractivity contribution in [1.29, 1.82) is 0 Å². The van der Waals surface area contributed by atoms with Crippen molar-refractivity contribution in [3.8, 4) is 0 Å². The molecule has 1 saturated carbocycles. The summed E-state index contributed by atoms with van der Waals surface area (Å²) in [4.78, 5) is 12.6. The van der Waals surface area contributed by atoms with Gasteiger partial charge in [-0.2, -0.15) is 0 Å². The molecule has 206 valence electrons. The first-order valence-corrected chi connectivity index (χ1v) is 18.7. The highest BCUT2D eigenvalue weighted by Gasteiger charge is 2.63. The number of esters is 1. The molecule has 4 nitrogen and oxygen atoms in total. The van der Waals surface area contributed by atoms with Crippen LogP contribution in [-0.2, 0) is 18.4 Å². The van der Waals surface area contributed by atoms with Crippen molar-refractivity contribution in [2.45, 2.75) is 99.2 Å². The number of hydrogen-bond acceptors (Lipinski definition) is 4. The highest BCUT2D eigenvalue weighted by atomic mass is 28.3. The average Bonchev–Trinajstić information content (AvgIpc) is 3.19. The van der Waals surface area contributed by atoms with Gasteiger partial charge in [0.1, 0.15) is 0 Å². The molecule has 1 aromatic rings. The monoisotopic (exact) mass is 542 g/mol. The summed E-state index contributed by atoms with van der Waals surface area (Å²) in [5.41, 5.74) is 2.74. The van der Waals surface area contributed by atoms with Gasteiger partial charge in [0.2, 0.25) is 23.9 Å². The van der Waals surface area contributed by atoms with Crippen LogP contribution in [0.2, 0.25) is 26.2 Å². The lowest BCUT2D eigenvalue weighted by molar-refractivity contribution is -0.186. The van der Waals surface area contributed by atoms with E-state index >= 15 is 0 Å². The van der Waals surface area contributed by atoms with Gasteiger partial charge in [0, 0.05) is 24.9 Å². The largest absolute Gasteiger partial charge is 0.434 e. The van der Waals surface area contributed by atoms with E-state index in [0.29, 0.717) is 12.3 Å². The molecule has 2 fully saturated rings. The maximum atomic E-state index is 12.6. The third-order valence-corrected chi connectivity index (χ3v) is 9.65. The Balaban J connectivity index is 2.04. The summed E-state index contributed by atoms with van der Waals surface area (Å²) in [5, 5.41) is 0. The smallest absolute Gasteiger partial charge is 0.308 e. The zero-order valence-corrected chi connectivity index (χ0v) is 27.1. The molecule has 37 heavy (non-hydrogen) atoms. The number of carbonyl (C=O) groups is 1. The van der Waals surface area contributed by atoms with Gasteiger partial charge in [0.15, 0.2) is 0 Å². The molecule has 1 aromatic carbocycles. The first-order valence-electron chi connectivity index (χ1n) is 13.9. The Labute approximate surface area is 230 Å². The molecule has 0 N–H and O–H groups in total. The molecule has 2 radical (unpaired) electrons. The highest BCUT2D eigenvalue weighted by Crippen LogP contribution is 2.58. The van der Waals surface area contributed by atoms with E-state index in [-0.39, 0.29) is 40.5 Å². The standard InChI is InChI=1S/C31H50O4Si2/c1-21-13-12-14-22(17-21)24(20-33-36(8)9)25(29(2,3)4)16-15-23-26-18-28(32)34-31(26,35-37(10)11)19-27(23)30(5,6)7/h12-17,23-27H,18-20H2,1-11H3/t23-,24?,25+,26+,27+,31-/m0/s1. The molecule has 2 aliphatic rings. The van der Waals surface area contributed by atoms with E-state index in [4.69, 9.17) is 13.6 Å². The van der Waals surface area contributed by atoms with Crippen molar-refractivity contribution in [2.24, 2.45) is 34.5 Å². The summed E-state index contributed by atoms with van der Waals surface area (Å²) in [7, 11) is -1.84. The molecule has 0 spiro atoms. The summed E-state index contributed by atoms with van der Waals surface area (Å²) in [6.07, 6.45) is 6.12. The van der Waals surface area contributed by atoms with Crippen LogP contribution in [0.4, 0.5) is 0 Å². The molecule has 6 heteroatoms. The molecule has 1 aliphatic carbocycles. The van der Waals surface area contributed by atoms with Gasteiger partial charge in [-0.05, 0) is 67.3 Å². The van der Waals surface area contributed by atoms with Crippen LogP contribution < -0.4 is 0 Å². The molecule has 0 bridgehead atoms. The number of ether oxygens (including phenoxy) is 1. The predicted molar refractivity (Wildman–Crippen MR) is 156 cm³/mol. The summed E-state index contributed by atoms with van der Waals surface area (Å²) in [5.74, 6) is 0.331. The Morgan fingerprint density at radius 3 is 2.32 bits per heavy atom. The zero-order chi connectivity index (χ0) is 27.8. The molecular weight excluding hydrogens is 493 g/mol. The fourth-order valence-electron chi connectivity index (χ4n) is 6.46. The molecular formula is C31H50O4Si2. The maximum absolute atomic E-state index is 12.6. The lowest BCUT2D eigenvalue weighted by Crippen LogP contribution is -2.39. The second-order valence-corrected chi connectivity index (χ2v) is 18.0. The van der Waals surface area contributed by atoms with Gasteiger partial charge < -0.3 is 13.6 Å². The van der Waals surface area contributed by atoms with Crippen molar-refractivity contribution < 1.29 is 18.4 Å². The van der Waals surface area contributed by atoms with E-state index in [2.05, 4.69) is 111 Å². The molecule has 0 amide bonds. The highest BCUT2D eigenvalue weighted by molar-refractivity contribution is 6.48. The molecule has 1 unspecified atom stereocenters. The van der Waals surface area contributed by atoms with Crippen molar-refractivity contribution in [3.63, 3.8) is 0 Å². The Kier molecular flexibility index (Phi) is 9.42. The quantitative estimate of drug-likeness (QED) is 0.182. The van der Waals surface area contributed by atoms with E-state index in [1.165, 1.54) is 11.1 Å². The van der Waals surface area contributed by atoms with Crippen molar-refractivity contribution in [2.75, 3.05) is 6.61 Å². The molecule has 6 atom stereocenters. The van der Waals surface area contributed by atoms with Crippen LogP contribution in [0.1, 0.15) is 71.4 Å². The molecule has 1 heterocycles. The molecule has 1 saturated heterocycles. The van der Waals surface area contributed by atoms with E-state index in [1.54, 1.807) is 0 Å². The van der Waals surface area contributed by atoms with Gasteiger partial charge in [0.25, 0.3) is 0 Å². The van der Waals surface area contributed by atoms with Gasteiger partial charge in [-0.25, -0.2) is 0 Å². The topological polar surface area (TPSA) is 44.8 Å². The maximum Gasteiger partial charge on any atom is 0.308 e. The van der Waals surface area contributed by atoms with Crippen LogP contribution in [0.25, 0.3) is 0 Å². The number of allylic oxidation sites excluding steroid dienone is 2. The third kappa shape index (κ3) is 7.26. The third-order valence-electron chi connectivity index (χ3n) is 8.16. The van der Waals surface area contributed by atoms with Crippen LogP contribution in [0.15, 0.2) is 36.4 Å². The number of carbonyl (C=O) groups excluding carboxylic acids is 1. The van der Waals surface area contributed by atoms with E-state index in [0.717, 1.165) is 13.0 Å². The number of benzene rings is 1. The van der Waals surface area contributed by atoms with Crippen molar-refractivity contribution in [3.05, 3.63) is 47.5 Å². The van der Waals surface area contributed by atoms with E-state index in [1.807, 2.05) is 0 Å². The number of hydrogen-bond donors (Lipinski definition) is 0. The minimum absolute atomic E-state index is 0.0388. The SMILES string of the molecule is Cc1cccc(C(CO[Si](C)C)[C@@H](C=C[C@@H]2[C@H](C(C)(C)C)C[C@@]3(O[Si](C)C)OC(=O)C[C@H]23)C(C)(C)C)c1. The molecule has 1 aliphatic heterocycles. The summed E-state index contributed by atoms with van der Waals surface area (Å²) in [6.45, 7) is 25.5. The Morgan fingerprint density at radius 2 is 1.78 bits per heavy atom. The lowest BCUT2D eigenvalue weighted by atomic mass is 9.68. The zero-order valence-electron chi connectivity index (χ0n) is 25.1. The summed E-state index contributed by atoms with van der Waals surface area (Å²) >= 11 is 0. The summed E-state index contributed by atoms with van der Waals surface area (Å²) < 4.78 is 18.9. The van der Waals surface area contributed by atoms with Crippen molar-refractivity contribution >= 4 is 24.0 Å². The summed E-state index contributed by atoms with van der Waals surface area (Å²) in [6, 6.07) is 8.91. The van der Waals surface area contributed by atoms with Crippen LogP contribution in [0.5, 0.6) is 0 Å². The Hall–Kier alpha value is -1.22. The normalized spacial score (nSPS) is 28.2. The van der Waals surface area contributed by atoms with Gasteiger partial charge in [-0.1, -0.05) is 83.5 Å². The Bertz CT molecular complexity index is 959. The Morgan fingerprint density at radius 1 is 1.11 bits per heavy atom. The van der Waals surface area contributed by atoms with Crippen LogP contribution >= 0.6 is 0 Å². The first kappa shape index (κ1) is 30.3. The number of aryl methyl sites for hydroxylation is 1. The van der Waals surface area contributed by atoms with Gasteiger partial charge >= 0.3 is 5.97 Å². The van der Waals surface area contributed by atoms with Crippen LogP contribution in [-0.4, -0.2) is 36.4 Å². The number of rotatable bonds is 9. The minimum atomic E-state index is -1.03. The minimum Gasteiger partial charge on any atom is -0.434 e. The van der Waals surface area contributed by atoms with Crippen LogP contribution in [0, 0.1) is 41.4 Å². The predicted octanol–water partition coefficient (Wildman–Crippen LogP) is 7.77. The van der Waals surface area contributed by atoms with E-state index < -0.39 is 23.9 Å². The van der Waals surface area contributed by atoms with Crippen LogP contribution in [0.3, 0.4) is 0 Å². The van der Waals surface area contributed by atoms with E-state index in [9.17, 15) is 4.79 Å². The fourth-order valence-corrected chi connectivity index (χ4v) is 7.95. The van der Waals surface area contributed by atoms with Gasteiger partial charge in [0.05, 0.1) is 6.42 Å². The molecule has 0 aromatic heterocycles. The fraction of sp³-hybridized carbons (Fsp3) is 0.710. The van der Waals surface area contributed by atoms with Crippen molar-refractivity contribution in [1.82, 2.24) is 0 Å². The second kappa shape index (κ2) is 11.5. The average molecular weight is 543 g/mol. The lowest BCUT2D eigenvalue weighted by Gasteiger charge is -2.37. The van der Waals surface area contributed by atoms with Gasteiger partial charge in [-0.3, -0.25) is 4.79 Å². The number of fused-ring (bicyclic) bond motifs is 1.